The van der Waals surface area contributed by atoms with E-state index in [9.17, 15) is 9.18 Å². The van der Waals surface area contributed by atoms with Gasteiger partial charge in [0.15, 0.2) is 0 Å². The molecule has 1 atom stereocenters. The summed E-state index contributed by atoms with van der Waals surface area (Å²) in [5.41, 5.74) is 1.76. The second-order valence-electron chi connectivity index (χ2n) is 5.74. The van der Waals surface area contributed by atoms with E-state index < -0.39 is 0 Å². The number of hydrogen-bond donors (Lipinski definition) is 0. The molecule has 3 rings (SSSR count). The van der Waals surface area contributed by atoms with Crippen molar-refractivity contribution in [2.75, 3.05) is 18.8 Å². The number of amides is 1. The molecule has 2 aromatic carbocycles. The number of hydrogen-bond acceptors (Lipinski definition) is 2. The van der Waals surface area contributed by atoms with E-state index in [0.29, 0.717) is 13.1 Å². The Morgan fingerprint density at radius 2 is 1.83 bits per heavy atom. The van der Waals surface area contributed by atoms with Gasteiger partial charge in [0.1, 0.15) is 5.82 Å². The molecule has 4 heteroatoms. The van der Waals surface area contributed by atoms with E-state index in [-0.39, 0.29) is 17.0 Å². The van der Waals surface area contributed by atoms with Crippen LogP contribution in [0.25, 0.3) is 6.08 Å². The average molecular weight is 341 g/mol. The summed E-state index contributed by atoms with van der Waals surface area (Å²) in [7, 11) is 0. The fraction of sp³-hybridized carbons (Fsp3) is 0.250. The molecule has 1 saturated heterocycles. The largest absolute Gasteiger partial charge is 0.338 e. The van der Waals surface area contributed by atoms with Gasteiger partial charge in [-0.2, -0.15) is 11.8 Å². The van der Waals surface area contributed by atoms with Crippen molar-refractivity contribution in [1.29, 1.82) is 0 Å². The van der Waals surface area contributed by atoms with Crippen LogP contribution in [0.15, 0.2) is 60.7 Å². The van der Waals surface area contributed by atoms with Gasteiger partial charge in [0.25, 0.3) is 0 Å². The highest BCUT2D eigenvalue weighted by molar-refractivity contribution is 7.99. The van der Waals surface area contributed by atoms with Gasteiger partial charge in [-0.25, -0.2) is 4.39 Å². The van der Waals surface area contributed by atoms with Gasteiger partial charge in [-0.15, -0.1) is 0 Å². The van der Waals surface area contributed by atoms with Crippen LogP contribution in [0.4, 0.5) is 4.39 Å². The first-order valence-corrected chi connectivity index (χ1v) is 9.17. The van der Waals surface area contributed by atoms with Gasteiger partial charge in [-0.1, -0.05) is 48.5 Å². The molecule has 0 radical (unpaired) electrons. The molecule has 0 aliphatic carbocycles. The smallest absolute Gasteiger partial charge is 0.246 e. The van der Waals surface area contributed by atoms with E-state index in [1.165, 1.54) is 6.07 Å². The van der Waals surface area contributed by atoms with Crippen molar-refractivity contribution in [2.24, 2.45) is 0 Å². The highest BCUT2D eigenvalue weighted by Gasteiger charge is 2.22. The topological polar surface area (TPSA) is 20.3 Å². The molecule has 0 N–H and O–H groups in total. The zero-order chi connectivity index (χ0) is 16.8. The SMILES string of the molecule is O=C(/C=C/c1ccccc1)N1CCSC(c2ccccc2F)CC1. The van der Waals surface area contributed by atoms with E-state index in [0.717, 1.165) is 23.3 Å². The Morgan fingerprint density at radius 1 is 1.08 bits per heavy atom. The van der Waals surface area contributed by atoms with Crippen LogP contribution in [0.2, 0.25) is 0 Å². The van der Waals surface area contributed by atoms with Crippen molar-refractivity contribution in [1.82, 2.24) is 4.90 Å². The molecule has 1 unspecified atom stereocenters. The van der Waals surface area contributed by atoms with E-state index in [1.807, 2.05) is 53.4 Å². The molecule has 2 aromatic rings. The molecule has 1 aliphatic rings. The van der Waals surface area contributed by atoms with Crippen LogP contribution in [-0.2, 0) is 4.79 Å². The lowest BCUT2D eigenvalue weighted by molar-refractivity contribution is -0.125. The third-order valence-corrected chi connectivity index (χ3v) is 5.43. The molecular formula is C20H20FNOS. The summed E-state index contributed by atoms with van der Waals surface area (Å²) in [6.45, 7) is 1.36. The Kier molecular flexibility index (Phi) is 5.70. The van der Waals surface area contributed by atoms with Crippen LogP contribution in [0, 0.1) is 5.82 Å². The van der Waals surface area contributed by atoms with E-state index >= 15 is 0 Å². The van der Waals surface area contributed by atoms with Crippen LogP contribution >= 0.6 is 11.8 Å². The van der Waals surface area contributed by atoms with Crippen LogP contribution in [0.5, 0.6) is 0 Å². The van der Waals surface area contributed by atoms with Crippen molar-refractivity contribution in [3.8, 4) is 0 Å². The van der Waals surface area contributed by atoms with Gasteiger partial charge < -0.3 is 4.90 Å². The normalized spacial score (nSPS) is 18.5. The zero-order valence-corrected chi connectivity index (χ0v) is 14.2. The predicted molar refractivity (Wildman–Crippen MR) is 98.3 cm³/mol. The Bertz CT molecular complexity index is 717. The minimum Gasteiger partial charge on any atom is -0.338 e. The molecule has 2 nitrogen and oxygen atoms in total. The summed E-state index contributed by atoms with van der Waals surface area (Å²) in [4.78, 5) is 14.2. The lowest BCUT2D eigenvalue weighted by atomic mass is 10.1. The van der Waals surface area contributed by atoms with Crippen molar-refractivity contribution in [3.63, 3.8) is 0 Å². The maximum absolute atomic E-state index is 14.0. The molecule has 24 heavy (non-hydrogen) atoms. The molecule has 1 aliphatic heterocycles. The van der Waals surface area contributed by atoms with Crippen molar-refractivity contribution < 1.29 is 9.18 Å². The minimum atomic E-state index is -0.154. The maximum Gasteiger partial charge on any atom is 0.246 e. The summed E-state index contributed by atoms with van der Waals surface area (Å²) >= 11 is 1.73. The van der Waals surface area contributed by atoms with Gasteiger partial charge in [0, 0.05) is 35.7 Å². The van der Waals surface area contributed by atoms with E-state index in [4.69, 9.17) is 0 Å². The van der Waals surface area contributed by atoms with Crippen LogP contribution < -0.4 is 0 Å². The summed E-state index contributed by atoms with van der Waals surface area (Å²) in [6, 6.07) is 16.7. The Morgan fingerprint density at radius 3 is 2.62 bits per heavy atom. The summed E-state index contributed by atoms with van der Waals surface area (Å²) in [6.07, 6.45) is 4.24. The monoisotopic (exact) mass is 341 g/mol. The molecule has 0 aromatic heterocycles. The average Bonchev–Trinajstić information content (AvgIpc) is 2.87. The lowest BCUT2D eigenvalue weighted by Gasteiger charge is -2.18. The molecule has 0 saturated carbocycles. The third kappa shape index (κ3) is 4.26. The van der Waals surface area contributed by atoms with Crippen LogP contribution in [-0.4, -0.2) is 29.6 Å². The molecule has 0 bridgehead atoms. The number of carbonyl (C=O) groups excluding carboxylic acids is 1. The molecule has 1 amide bonds. The quantitative estimate of drug-likeness (QED) is 0.764. The molecule has 124 valence electrons. The molecule has 1 heterocycles. The third-order valence-electron chi connectivity index (χ3n) is 4.12. The first-order valence-electron chi connectivity index (χ1n) is 8.12. The fourth-order valence-corrected chi connectivity index (χ4v) is 4.07. The standard InChI is InChI=1S/C20H20FNOS/c21-18-9-5-4-8-17(18)19-12-13-22(14-15-24-19)20(23)11-10-16-6-2-1-3-7-16/h1-11,19H,12-15H2/b11-10+. The van der Waals surface area contributed by atoms with Gasteiger partial charge in [0.2, 0.25) is 5.91 Å². The molecular weight excluding hydrogens is 321 g/mol. The van der Waals surface area contributed by atoms with E-state index in [2.05, 4.69) is 0 Å². The van der Waals surface area contributed by atoms with Crippen molar-refractivity contribution >= 4 is 23.7 Å². The second kappa shape index (κ2) is 8.15. The van der Waals surface area contributed by atoms with Gasteiger partial charge in [0.05, 0.1) is 0 Å². The highest BCUT2D eigenvalue weighted by Crippen LogP contribution is 2.35. The first kappa shape index (κ1) is 16.8. The zero-order valence-electron chi connectivity index (χ0n) is 13.4. The summed E-state index contributed by atoms with van der Waals surface area (Å²) in [5.74, 6) is 0.691. The number of carbonyl (C=O) groups is 1. The number of thioether (sulfide) groups is 1. The Labute approximate surface area is 146 Å². The Balaban J connectivity index is 1.62. The van der Waals surface area contributed by atoms with E-state index in [1.54, 1.807) is 23.9 Å². The van der Waals surface area contributed by atoms with Crippen LogP contribution in [0.3, 0.4) is 0 Å². The number of nitrogens with zero attached hydrogens (tertiary/aromatic N) is 1. The van der Waals surface area contributed by atoms with Gasteiger partial charge >= 0.3 is 0 Å². The van der Waals surface area contributed by atoms with Gasteiger partial charge in [-0.3, -0.25) is 4.79 Å². The lowest BCUT2D eigenvalue weighted by Crippen LogP contribution is -2.31. The number of rotatable bonds is 3. The first-order chi connectivity index (χ1) is 11.7. The minimum absolute atomic E-state index is 0.0219. The van der Waals surface area contributed by atoms with Crippen LogP contribution in [0.1, 0.15) is 22.8 Å². The summed E-state index contributed by atoms with van der Waals surface area (Å²) < 4.78 is 14.0. The molecule has 1 fully saturated rings. The second-order valence-corrected chi connectivity index (χ2v) is 7.05. The number of benzene rings is 2. The maximum atomic E-state index is 14.0. The Hall–Kier alpha value is -2.07. The fourth-order valence-electron chi connectivity index (χ4n) is 2.81. The number of halogens is 1. The highest BCUT2D eigenvalue weighted by atomic mass is 32.2. The summed E-state index contributed by atoms with van der Waals surface area (Å²) in [5, 5.41) is 0.113. The predicted octanol–water partition coefficient (Wildman–Crippen LogP) is 4.55. The van der Waals surface area contributed by atoms with Crippen molar-refractivity contribution in [2.45, 2.75) is 11.7 Å². The molecule has 0 spiro atoms. The van der Waals surface area contributed by atoms with Crippen molar-refractivity contribution in [3.05, 3.63) is 77.6 Å². The van der Waals surface area contributed by atoms with Gasteiger partial charge in [-0.05, 0) is 24.1 Å².